The number of hydrogen-bond acceptors (Lipinski definition) is 5. The van der Waals surface area contributed by atoms with Crippen molar-refractivity contribution in [2.24, 2.45) is 5.92 Å². The number of benzene rings is 2. The summed E-state index contributed by atoms with van der Waals surface area (Å²) < 4.78 is 10.4. The number of rotatable bonds is 10. The highest BCUT2D eigenvalue weighted by atomic mass is 16.5. The van der Waals surface area contributed by atoms with Crippen LogP contribution in [0.4, 0.5) is 5.69 Å². The molecular weight excluding hydrogens is 434 g/mol. The van der Waals surface area contributed by atoms with E-state index in [9.17, 15) is 14.4 Å². The van der Waals surface area contributed by atoms with Gasteiger partial charge < -0.3 is 25.1 Å². The fourth-order valence-corrected chi connectivity index (χ4v) is 3.35. The van der Waals surface area contributed by atoms with Crippen LogP contribution >= 0.6 is 0 Å². The van der Waals surface area contributed by atoms with Crippen LogP contribution in [0.5, 0.6) is 5.75 Å². The van der Waals surface area contributed by atoms with E-state index in [1.165, 1.54) is 6.26 Å². The minimum absolute atomic E-state index is 0.110. The number of nitrogens with one attached hydrogen (secondary N) is 3. The normalized spacial score (nSPS) is 12.3. The van der Waals surface area contributed by atoms with Gasteiger partial charge in [-0.05, 0) is 54.4 Å². The zero-order valence-electron chi connectivity index (χ0n) is 19.5. The first kappa shape index (κ1) is 24.6. The number of furan rings is 1. The van der Waals surface area contributed by atoms with E-state index in [2.05, 4.69) is 16.0 Å². The van der Waals surface area contributed by atoms with Crippen LogP contribution in [-0.2, 0) is 11.3 Å². The van der Waals surface area contributed by atoms with Gasteiger partial charge in [-0.15, -0.1) is 0 Å². The molecule has 3 amide bonds. The lowest BCUT2D eigenvalue weighted by Crippen LogP contribution is -2.50. The summed E-state index contributed by atoms with van der Waals surface area (Å²) in [6.45, 7) is 4.07. The number of para-hydroxylation sites is 1. The first-order chi connectivity index (χ1) is 16.4. The van der Waals surface area contributed by atoms with E-state index in [4.69, 9.17) is 9.15 Å². The molecule has 0 radical (unpaired) electrons. The second kappa shape index (κ2) is 11.7. The minimum Gasteiger partial charge on any atom is -0.497 e. The molecular formula is C26H29N3O5. The number of amides is 3. The van der Waals surface area contributed by atoms with Crippen LogP contribution in [-0.4, -0.2) is 30.9 Å². The summed E-state index contributed by atoms with van der Waals surface area (Å²) in [7, 11) is 1.55. The molecule has 34 heavy (non-hydrogen) atoms. The van der Waals surface area contributed by atoms with Gasteiger partial charge in [0.25, 0.3) is 11.8 Å². The number of carbonyl (C=O) groups excluding carboxylic acids is 3. The molecule has 1 heterocycles. The molecule has 8 nitrogen and oxygen atoms in total. The Bertz CT molecular complexity index is 1110. The largest absolute Gasteiger partial charge is 0.497 e. The maximum absolute atomic E-state index is 13.2. The summed E-state index contributed by atoms with van der Waals surface area (Å²) in [6.07, 6.45) is 2.22. The second-order valence-electron chi connectivity index (χ2n) is 7.86. The number of ether oxygens (including phenoxy) is 1. The van der Waals surface area contributed by atoms with Crippen LogP contribution in [0.1, 0.15) is 46.7 Å². The zero-order valence-corrected chi connectivity index (χ0v) is 19.5. The molecule has 3 rings (SSSR count). The Hall–Kier alpha value is -4.07. The Morgan fingerprint density at radius 1 is 0.971 bits per heavy atom. The van der Waals surface area contributed by atoms with Crippen LogP contribution < -0.4 is 20.7 Å². The molecule has 0 aliphatic heterocycles. The monoisotopic (exact) mass is 463 g/mol. The van der Waals surface area contributed by atoms with Crippen molar-refractivity contribution in [2.45, 2.75) is 32.9 Å². The molecule has 0 aliphatic carbocycles. The van der Waals surface area contributed by atoms with E-state index < -0.39 is 11.9 Å². The van der Waals surface area contributed by atoms with Gasteiger partial charge in [-0.3, -0.25) is 14.4 Å². The van der Waals surface area contributed by atoms with E-state index in [-0.39, 0.29) is 29.8 Å². The van der Waals surface area contributed by atoms with Crippen LogP contribution in [0.2, 0.25) is 0 Å². The molecule has 0 bridgehead atoms. The molecule has 2 atom stereocenters. The maximum atomic E-state index is 13.2. The van der Waals surface area contributed by atoms with Crippen molar-refractivity contribution >= 4 is 23.4 Å². The zero-order chi connectivity index (χ0) is 24.5. The summed E-state index contributed by atoms with van der Waals surface area (Å²) in [5.74, 6) is 0.0222. The van der Waals surface area contributed by atoms with Gasteiger partial charge in [0.2, 0.25) is 5.91 Å². The Balaban J connectivity index is 1.72. The summed E-state index contributed by atoms with van der Waals surface area (Å²) in [5, 5.41) is 8.42. The molecule has 2 aromatic carbocycles. The Labute approximate surface area is 198 Å². The molecule has 0 saturated carbocycles. The molecule has 0 saturated heterocycles. The van der Waals surface area contributed by atoms with Crippen molar-refractivity contribution < 1.29 is 23.5 Å². The predicted molar refractivity (Wildman–Crippen MR) is 129 cm³/mol. The highest BCUT2D eigenvalue weighted by Gasteiger charge is 2.27. The van der Waals surface area contributed by atoms with Crippen LogP contribution in [0.15, 0.2) is 71.3 Å². The van der Waals surface area contributed by atoms with Gasteiger partial charge >= 0.3 is 0 Å². The van der Waals surface area contributed by atoms with Crippen molar-refractivity contribution in [2.75, 3.05) is 12.4 Å². The number of carbonyl (C=O) groups is 3. The molecule has 178 valence electrons. The Kier molecular flexibility index (Phi) is 8.45. The van der Waals surface area contributed by atoms with Gasteiger partial charge in [-0.1, -0.05) is 32.4 Å². The van der Waals surface area contributed by atoms with E-state index in [0.29, 0.717) is 29.2 Å². The Morgan fingerprint density at radius 3 is 2.35 bits per heavy atom. The lowest BCUT2D eigenvalue weighted by Gasteiger charge is -2.24. The van der Waals surface area contributed by atoms with Crippen LogP contribution in [0, 0.1) is 5.92 Å². The maximum Gasteiger partial charge on any atom is 0.255 e. The van der Waals surface area contributed by atoms with Gasteiger partial charge in [-0.2, -0.15) is 0 Å². The molecule has 1 aromatic heterocycles. The second-order valence-corrected chi connectivity index (χ2v) is 7.86. The summed E-state index contributed by atoms with van der Waals surface area (Å²) in [5.41, 5.74) is 1.03. The minimum atomic E-state index is -0.752. The molecule has 0 unspecified atom stereocenters. The quantitative estimate of drug-likeness (QED) is 0.421. The molecule has 3 aromatic rings. The van der Waals surface area contributed by atoms with E-state index in [0.717, 1.165) is 0 Å². The lowest BCUT2D eigenvalue weighted by molar-refractivity contribution is -0.124. The highest BCUT2D eigenvalue weighted by molar-refractivity contribution is 6.09. The van der Waals surface area contributed by atoms with Gasteiger partial charge in [-0.25, -0.2) is 0 Å². The third-order valence-corrected chi connectivity index (χ3v) is 5.57. The topological polar surface area (TPSA) is 110 Å². The van der Waals surface area contributed by atoms with Gasteiger partial charge in [0, 0.05) is 5.56 Å². The van der Waals surface area contributed by atoms with Crippen LogP contribution in [0.25, 0.3) is 0 Å². The average Bonchev–Trinajstić information content (AvgIpc) is 3.39. The molecule has 0 spiro atoms. The number of hydrogen-bond donors (Lipinski definition) is 3. The number of methoxy groups -OCH3 is 1. The van der Waals surface area contributed by atoms with Crippen molar-refractivity contribution in [3.05, 3.63) is 83.8 Å². The van der Waals surface area contributed by atoms with Crippen molar-refractivity contribution in [1.29, 1.82) is 0 Å². The first-order valence-corrected chi connectivity index (χ1v) is 11.1. The number of anilines is 1. The SMILES string of the molecule is CC[C@H](C)[C@@H](NC(=O)c1ccccc1NC(=O)c1ccc(OC)cc1)C(=O)NCc1ccco1. The van der Waals surface area contributed by atoms with Gasteiger partial charge in [0.1, 0.15) is 17.6 Å². The van der Waals surface area contributed by atoms with E-state index in [1.807, 2.05) is 13.8 Å². The predicted octanol–water partition coefficient (Wildman–Crippen LogP) is 4.00. The fraction of sp³-hybridized carbons (Fsp3) is 0.269. The summed E-state index contributed by atoms with van der Waals surface area (Å²) in [6, 6.07) is 16.1. The van der Waals surface area contributed by atoms with Crippen molar-refractivity contribution in [3.8, 4) is 5.75 Å². The third-order valence-electron chi connectivity index (χ3n) is 5.57. The molecule has 3 N–H and O–H groups in total. The molecule has 8 heteroatoms. The smallest absolute Gasteiger partial charge is 0.255 e. The van der Waals surface area contributed by atoms with Crippen molar-refractivity contribution in [3.63, 3.8) is 0 Å². The molecule has 0 aliphatic rings. The standard InChI is InChI=1S/C26H29N3O5/c1-4-17(2)23(26(32)27-16-20-8-7-15-34-20)29-25(31)21-9-5-6-10-22(21)28-24(30)18-11-13-19(33-3)14-12-18/h5-15,17,23H,4,16H2,1-3H3,(H,27,32)(H,28,30)(H,29,31)/t17-,23+/m0/s1. The van der Waals surface area contributed by atoms with Gasteiger partial charge in [0.05, 0.1) is 31.2 Å². The Morgan fingerprint density at radius 2 is 1.71 bits per heavy atom. The fourth-order valence-electron chi connectivity index (χ4n) is 3.35. The third kappa shape index (κ3) is 6.25. The van der Waals surface area contributed by atoms with E-state index in [1.54, 1.807) is 67.8 Å². The lowest BCUT2D eigenvalue weighted by atomic mass is 9.97. The molecule has 0 fully saturated rings. The van der Waals surface area contributed by atoms with Crippen LogP contribution in [0.3, 0.4) is 0 Å². The van der Waals surface area contributed by atoms with Gasteiger partial charge in [0.15, 0.2) is 0 Å². The summed E-state index contributed by atoms with van der Waals surface area (Å²) in [4.78, 5) is 38.7. The average molecular weight is 464 g/mol. The first-order valence-electron chi connectivity index (χ1n) is 11.1. The highest BCUT2D eigenvalue weighted by Crippen LogP contribution is 2.19. The van der Waals surface area contributed by atoms with Crippen molar-refractivity contribution in [1.82, 2.24) is 10.6 Å². The summed E-state index contributed by atoms with van der Waals surface area (Å²) >= 11 is 0. The van der Waals surface area contributed by atoms with E-state index >= 15 is 0 Å².